The third-order valence-electron chi connectivity index (χ3n) is 5.31. The molecule has 0 aliphatic heterocycles. The minimum absolute atomic E-state index is 0.0861. The van der Waals surface area contributed by atoms with Crippen molar-refractivity contribution in [3.05, 3.63) is 65.2 Å². The number of rotatable bonds is 6. The zero-order valence-electron chi connectivity index (χ0n) is 18.3. The van der Waals surface area contributed by atoms with Gasteiger partial charge in [0.2, 0.25) is 0 Å². The number of fused-ring (bicyclic) bond motifs is 2. The van der Waals surface area contributed by atoms with Gasteiger partial charge in [-0.2, -0.15) is 18.2 Å². The van der Waals surface area contributed by atoms with Gasteiger partial charge in [-0.25, -0.2) is 9.50 Å². The van der Waals surface area contributed by atoms with E-state index in [1.54, 1.807) is 19.9 Å². The van der Waals surface area contributed by atoms with Crippen molar-refractivity contribution in [1.29, 1.82) is 0 Å². The van der Waals surface area contributed by atoms with Crippen LogP contribution in [0.1, 0.15) is 29.2 Å². The van der Waals surface area contributed by atoms with Gasteiger partial charge in [-0.05, 0) is 37.3 Å². The number of nitrogens with one attached hydrogen (secondary N) is 1. The molecule has 2 heterocycles. The first-order valence-corrected chi connectivity index (χ1v) is 10.4. The second kappa shape index (κ2) is 9.08. The Morgan fingerprint density at radius 3 is 2.56 bits per heavy atom. The summed E-state index contributed by atoms with van der Waals surface area (Å²) in [7, 11) is 0. The first-order chi connectivity index (χ1) is 16.1. The molecule has 0 unspecified atom stereocenters. The number of alkyl halides is 3. The van der Waals surface area contributed by atoms with Gasteiger partial charge in [-0.15, -0.1) is 5.10 Å². The summed E-state index contributed by atoms with van der Waals surface area (Å²) in [5, 5.41) is 8.04. The SMILES string of the molecule is Cc1nc2nc(C(F)(F)F)nn2c(C)c1CCC(=O)OCC(=O)Nc1cccc2ccccc12. The van der Waals surface area contributed by atoms with Crippen molar-refractivity contribution in [3.63, 3.8) is 0 Å². The fraction of sp³-hybridized carbons (Fsp3) is 0.261. The van der Waals surface area contributed by atoms with Crippen molar-refractivity contribution >= 4 is 34.1 Å². The van der Waals surface area contributed by atoms with Crippen molar-refractivity contribution in [2.45, 2.75) is 32.9 Å². The molecular weight excluding hydrogens is 451 g/mol. The predicted molar refractivity (Wildman–Crippen MR) is 117 cm³/mol. The lowest BCUT2D eigenvalue weighted by Gasteiger charge is -2.11. The molecule has 4 rings (SSSR count). The number of ether oxygens (including phenoxy) is 1. The third-order valence-corrected chi connectivity index (χ3v) is 5.31. The van der Waals surface area contributed by atoms with Crippen LogP contribution in [0.5, 0.6) is 0 Å². The predicted octanol–water partition coefficient (Wildman–Crippen LogP) is 4.03. The lowest BCUT2D eigenvalue weighted by atomic mass is 10.1. The van der Waals surface area contributed by atoms with Gasteiger partial charge in [0.15, 0.2) is 6.61 Å². The summed E-state index contributed by atoms with van der Waals surface area (Å²) in [5.74, 6) is -2.56. The quantitative estimate of drug-likeness (QED) is 0.427. The summed E-state index contributed by atoms with van der Waals surface area (Å²) in [6, 6.07) is 13.0. The molecule has 0 fully saturated rings. The number of amides is 1. The minimum Gasteiger partial charge on any atom is -0.456 e. The summed E-state index contributed by atoms with van der Waals surface area (Å²) in [6.45, 7) is 2.73. The molecule has 0 saturated heterocycles. The van der Waals surface area contributed by atoms with Gasteiger partial charge < -0.3 is 10.1 Å². The monoisotopic (exact) mass is 471 g/mol. The molecule has 2 aromatic carbocycles. The normalized spacial score (nSPS) is 11.7. The minimum atomic E-state index is -4.69. The van der Waals surface area contributed by atoms with Gasteiger partial charge in [-0.1, -0.05) is 36.4 Å². The average molecular weight is 471 g/mol. The van der Waals surface area contributed by atoms with E-state index in [2.05, 4.69) is 20.4 Å². The molecule has 2 aromatic heterocycles. The van der Waals surface area contributed by atoms with Gasteiger partial charge in [-0.3, -0.25) is 9.59 Å². The smallest absolute Gasteiger partial charge is 0.453 e. The van der Waals surface area contributed by atoms with E-state index >= 15 is 0 Å². The maximum Gasteiger partial charge on any atom is 0.453 e. The van der Waals surface area contributed by atoms with Crippen LogP contribution in [0.4, 0.5) is 18.9 Å². The molecule has 0 aliphatic rings. The molecule has 0 saturated carbocycles. The number of benzene rings is 2. The summed E-state index contributed by atoms with van der Waals surface area (Å²) in [5.41, 5.74) is 2.00. The number of anilines is 1. The Morgan fingerprint density at radius 2 is 1.79 bits per heavy atom. The highest BCUT2D eigenvalue weighted by molar-refractivity contribution is 6.02. The van der Waals surface area contributed by atoms with E-state index in [1.807, 2.05) is 36.4 Å². The summed E-state index contributed by atoms with van der Waals surface area (Å²) in [4.78, 5) is 32.0. The fourth-order valence-corrected chi connectivity index (χ4v) is 3.66. The molecule has 1 amide bonds. The molecule has 1 N–H and O–H groups in total. The second-order valence-corrected chi connectivity index (χ2v) is 7.64. The lowest BCUT2D eigenvalue weighted by Crippen LogP contribution is -2.21. The number of carbonyl (C=O) groups is 2. The molecule has 0 radical (unpaired) electrons. The van der Waals surface area contributed by atoms with Crippen LogP contribution in [0.3, 0.4) is 0 Å². The van der Waals surface area contributed by atoms with Crippen molar-refractivity contribution in [2.75, 3.05) is 11.9 Å². The van der Waals surface area contributed by atoms with Crippen LogP contribution in [0.15, 0.2) is 42.5 Å². The van der Waals surface area contributed by atoms with E-state index in [0.717, 1.165) is 15.3 Å². The number of nitrogens with zero attached hydrogens (tertiary/aromatic N) is 4. The number of carbonyl (C=O) groups excluding carboxylic acids is 2. The molecule has 11 heteroatoms. The molecule has 0 bridgehead atoms. The number of halogens is 3. The van der Waals surface area contributed by atoms with Crippen LogP contribution < -0.4 is 5.32 Å². The average Bonchev–Trinajstić information content (AvgIpc) is 3.23. The van der Waals surface area contributed by atoms with Crippen LogP contribution in [-0.4, -0.2) is 38.1 Å². The van der Waals surface area contributed by atoms with Crippen LogP contribution >= 0.6 is 0 Å². The van der Waals surface area contributed by atoms with E-state index in [-0.39, 0.29) is 18.6 Å². The Morgan fingerprint density at radius 1 is 1.06 bits per heavy atom. The van der Waals surface area contributed by atoms with Gasteiger partial charge in [0.1, 0.15) is 0 Å². The Bertz CT molecular complexity index is 1390. The molecule has 176 valence electrons. The highest BCUT2D eigenvalue weighted by atomic mass is 19.4. The number of hydrogen-bond acceptors (Lipinski definition) is 6. The van der Waals surface area contributed by atoms with E-state index in [1.165, 1.54) is 0 Å². The van der Waals surface area contributed by atoms with Crippen LogP contribution in [0, 0.1) is 13.8 Å². The maximum absolute atomic E-state index is 12.9. The Hall–Kier alpha value is -4.02. The van der Waals surface area contributed by atoms with E-state index < -0.39 is 30.5 Å². The molecule has 4 aromatic rings. The number of aryl methyl sites for hydroxylation is 2. The molecule has 8 nitrogen and oxygen atoms in total. The van der Waals surface area contributed by atoms with Gasteiger partial charge >= 0.3 is 12.1 Å². The molecule has 0 aliphatic carbocycles. The Balaban J connectivity index is 1.37. The second-order valence-electron chi connectivity index (χ2n) is 7.64. The van der Waals surface area contributed by atoms with Crippen LogP contribution in [0.2, 0.25) is 0 Å². The zero-order valence-corrected chi connectivity index (χ0v) is 18.3. The van der Waals surface area contributed by atoms with Crippen molar-refractivity contribution < 1.29 is 27.5 Å². The first kappa shape index (κ1) is 23.1. The Labute approximate surface area is 191 Å². The molecule has 0 spiro atoms. The summed E-state index contributed by atoms with van der Waals surface area (Å²) >= 11 is 0. The largest absolute Gasteiger partial charge is 0.456 e. The topological polar surface area (TPSA) is 98.5 Å². The van der Waals surface area contributed by atoms with Gasteiger partial charge in [0.05, 0.1) is 0 Å². The maximum atomic E-state index is 12.9. The number of esters is 1. The van der Waals surface area contributed by atoms with Gasteiger partial charge in [0.25, 0.3) is 17.5 Å². The van der Waals surface area contributed by atoms with E-state index in [9.17, 15) is 22.8 Å². The molecule has 0 atom stereocenters. The fourth-order valence-electron chi connectivity index (χ4n) is 3.66. The Kier molecular flexibility index (Phi) is 6.18. The first-order valence-electron chi connectivity index (χ1n) is 10.4. The highest BCUT2D eigenvalue weighted by Crippen LogP contribution is 2.27. The zero-order chi connectivity index (χ0) is 24.5. The summed E-state index contributed by atoms with van der Waals surface area (Å²) in [6.07, 6.45) is -4.62. The molecule has 34 heavy (non-hydrogen) atoms. The van der Waals surface area contributed by atoms with E-state index in [0.29, 0.717) is 22.6 Å². The number of aromatic nitrogens is 4. The standard InChI is InChI=1S/C23H20F3N5O3/c1-13-16(14(2)31-22(27-13)29-21(30-31)23(24,25)26)10-11-20(33)34-12-19(32)28-18-9-5-7-15-6-3-4-8-17(15)18/h3-9H,10-12H2,1-2H3,(H,28,32). The number of hydrogen-bond donors (Lipinski definition) is 1. The van der Waals surface area contributed by atoms with Crippen molar-refractivity contribution in [3.8, 4) is 0 Å². The van der Waals surface area contributed by atoms with Crippen molar-refractivity contribution in [1.82, 2.24) is 19.6 Å². The molecular formula is C23H20F3N5O3. The lowest BCUT2D eigenvalue weighted by molar-refractivity contribution is -0.147. The van der Waals surface area contributed by atoms with E-state index in [4.69, 9.17) is 4.74 Å². The van der Waals surface area contributed by atoms with Crippen molar-refractivity contribution in [2.24, 2.45) is 0 Å². The van der Waals surface area contributed by atoms with Gasteiger partial charge in [0, 0.05) is 28.9 Å². The summed E-state index contributed by atoms with van der Waals surface area (Å²) < 4.78 is 44.8. The van der Waals surface area contributed by atoms with Crippen LogP contribution in [0.25, 0.3) is 16.6 Å². The third kappa shape index (κ3) is 4.82. The highest BCUT2D eigenvalue weighted by Gasteiger charge is 2.37. The van der Waals surface area contributed by atoms with Crippen LogP contribution in [-0.2, 0) is 26.9 Å².